The second-order valence-electron chi connectivity index (χ2n) is 5.87. The molecule has 1 aromatic carbocycles. The molecular weight excluding hydrogens is 348 g/mol. The van der Waals surface area contributed by atoms with Crippen molar-refractivity contribution in [3.63, 3.8) is 0 Å². The van der Waals surface area contributed by atoms with Gasteiger partial charge in [-0.1, -0.05) is 6.42 Å². The minimum atomic E-state index is -0.117. The van der Waals surface area contributed by atoms with E-state index in [9.17, 15) is 4.79 Å². The molecule has 1 aliphatic carbocycles. The highest BCUT2D eigenvalue weighted by atomic mass is 35.5. The highest BCUT2D eigenvalue weighted by Crippen LogP contribution is 2.38. The lowest BCUT2D eigenvalue weighted by atomic mass is 10.1. The van der Waals surface area contributed by atoms with Crippen LogP contribution in [0, 0.1) is 0 Å². The Hall–Kier alpha value is -1.92. The van der Waals surface area contributed by atoms with E-state index in [1.54, 1.807) is 23.5 Å². The standard InChI is InChI=1S/C17H18N2O3S.ClH/c18-11-7-13-14(22-9-21-13)8-12(11)19-17(20)16-6-10-4-2-1-3-5-15(10)23-16;/h6-8H,1-5,9,18H2,(H,19,20);1H. The summed E-state index contributed by atoms with van der Waals surface area (Å²) in [5.41, 5.74) is 8.35. The fraction of sp³-hybridized carbons (Fsp3) is 0.353. The van der Waals surface area contributed by atoms with E-state index in [1.807, 2.05) is 6.07 Å². The molecule has 2 aromatic rings. The van der Waals surface area contributed by atoms with Gasteiger partial charge in [0.2, 0.25) is 6.79 Å². The first kappa shape index (κ1) is 16.9. The van der Waals surface area contributed by atoms with Gasteiger partial charge in [0.25, 0.3) is 5.91 Å². The molecular formula is C17H19ClN2O3S. The lowest BCUT2D eigenvalue weighted by Crippen LogP contribution is -2.11. The summed E-state index contributed by atoms with van der Waals surface area (Å²) >= 11 is 1.60. The number of hydrogen-bond acceptors (Lipinski definition) is 5. The summed E-state index contributed by atoms with van der Waals surface area (Å²) in [4.78, 5) is 14.6. The number of thiophene rings is 1. The number of hydrogen-bond donors (Lipinski definition) is 2. The highest BCUT2D eigenvalue weighted by Gasteiger charge is 2.20. The first-order valence-electron chi connectivity index (χ1n) is 7.83. The topological polar surface area (TPSA) is 73.6 Å². The second kappa shape index (κ2) is 6.91. The van der Waals surface area contributed by atoms with Crippen LogP contribution in [-0.4, -0.2) is 12.7 Å². The van der Waals surface area contributed by atoms with Crippen molar-refractivity contribution in [2.45, 2.75) is 32.1 Å². The minimum absolute atomic E-state index is 0. The maximum absolute atomic E-state index is 12.5. The number of nitrogens with one attached hydrogen (secondary N) is 1. The lowest BCUT2D eigenvalue weighted by Gasteiger charge is -2.08. The number of carbonyl (C=O) groups is 1. The number of fused-ring (bicyclic) bond motifs is 2. The lowest BCUT2D eigenvalue weighted by molar-refractivity contribution is 0.103. The first-order chi connectivity index (χ1) is 11.2. The van der Waals surface area contributed by atoms with Gasteiger partial charge in [0.05, 0.1) is 16.3 Å². The molecule has 0 saturated heterocycles. The number of benzene rings is 1. The molecule has 2 aliphatic rings. The van der Waals surface area contributed by atoms with Gasteiger partial charge in [-0.15, -0.1) is 23.7 Å². The summed E-state index contributed by atoms with van der Waals surface area (Å²) in [6.45, 7) is 0.184. The number of rotatable bonds is 2. The van der Waals surface area contributed by atoms with Crippen molar-refractivity contribution in [3.8, 4) is 11.5 Å². The quantitative estimate of drug-likeness (QED) is 0.622. The largest absolute Gasteiger partial charge is 0.454 e. The van der Waals surface area contributed by atoms with E-state index in [0.717, 1.165) is 17.7 Å². The summed E-state index contributed by atoms with van der Waals surface area (Å²) in [7, 11) is 0. The molecule has 1 aromatic heterocycles. The van der Waals surface area contributed by atoms with Gasteiger partial charge in [-0.3, -0.25) is 4.79 Å². The third-order valence-electron chi connectivity index (χ3n) is 4.26. The van der Waals surface area contributed by atoms with E-state index in [-0.39, 0.29) is 25.1 Å². The van der Waals surface area contributed by atoms with Crippen LogP contribution in [-0.2, 0) is 12.8 Å². The number of halogens is 1. The molecule has 24 heavy (non-hydrogen) atoms. The van der Waals surface area contributed by atoms with Crippen molar-refractivity contribution in [3.05, 3.63) is 33.5 Å². The van der Waals surface area contributed by atoms with Crippen molar-refractivity contribution in [2.24, 2.45) is 0 Å². The number of carbonyl (C=O) groups excluding carboxylic acids is 1. The van der Waals surface area contributed by atoms with Crippen LogP contribution in [0.3, 0.4) is 0 Å². The molecule has 0 radical (unpaired) electrons. The van der Waals surface area contributed by atoms with Crippen molar-refractivity contribution in [2.75, 3.05) is 17.8 Å². The predicted molar refractivity (Wildman–Crippen MR) is 97.8 cm³/mol. The smallest absolute Gasteiger partial charge is 0.265 e. The van der Waals surface area contributed by atoms with Gasteiger partial charge in [0.1, 0.15) is 0 Å². The summed E-state index contributed by atoms with van der Waals surface area (Å²) < 4.78 is 10.6. The van der Waals surface area contributed by atoms with Gasteiger partial charge < -0.3 is 20.5 Å². The van der Waals surface area contributed by atoms with Crippen molar-refractivity contribution in [1.29, 1.82) is 0 Å². The average molecular weight is 367 g/mol. The Bertz CT molecular complexity index is 752. The van der Waals surface area contributed by atoms with Crippen LogP contribution in [0.15, 0.2) is 18.2 Å². The van der Waals surface area contributed by atoms with E-state index >= 15 is 0 Å². The van der Waals surface area contributed by atoms with E-state index in [2.05, 4.69) is 5.32 Å². The zero-order valence-electron chi connectivity index (χ0n) is 13.1. The fourth-order valence-corrected chi connectivity index (χ4v) is 4.18. The first-order valence-corrected chi connectivity index (χ1v) is 8.64. The Labute approximate surface area is 150 Å². The molecule has 0 fully saturated rings. The van der Waals surface area contributed by atoms with Crippen LogP contribution in [0.1, 0.15) is 39.4 Å². The summed E-state index contributed by atoms with van der Waals surface area (Å²) in [5.74, 6) is 1.11. The summed E-state index contributed by atoms with van der Waals surface area (Å²) in [5, 5.41) is 2.89. The Balaban J connectivity index is 0.00000169. The molecule has 0 unspecified atom stereocenters. The van der Waals surface area contributed by atoms with E-state index in [0.29, 0.717) is 22.9 Å². The number of aryl methyl sites for hydroxylation is 2. The second-order valence-corrected chi connectivity index (χ2v) is 7.00. The van der Waals surface area contributed by atoms with E-state index in [1.165, 1.54) is 29.7 Å². The molecule has 1 amide bonds. The average Bonchev–Trinajstić information content (AvgIpc) is 3.09. The maximum Gasteiger partial charge on any atom is 0.265 e. The van der Waals surface area contributed by atoms with Gasteiger partial charge in [0.15, 0.2) is 11.5 Å². The molecule has 0 saturated carbocycles. The fourth-order valence-electron chi connectivity index (χ4n) is 3.03. The van der Waals surface area contributed by atoms with Crippen LogP contribution >= 0.6 is 23.7 Å². The Kier molecular flexibility index (Phi) is 4.87. The third kappa shape index (κ3) is 3.16. The van der Waals surface area contributed by atoms with Crippen molar-refractivity contribution < 1.29 is 14.3 Å². The molecule has 1 aliphatic heterocycles. The molecule has 3 N–H and O–H groups in total. The normalized spacial score (nSPS) is 15.2. The monoisotopic (exact) mass is 366 g/mol. The van der Waals surface area contributed by atoms with E-state index in [4.69, 9.17) is 15.2 Å². The van der Waals surface area contributed by atoms with E-state index < -0.39 is 0 Å². The third-order valence-corrected chi connectivity index (χ3v) is 5.50. The molecule has 0 bridgehead atoms. The van der Waals surface area contributed by atoms with Crippen LogP contribution in [0.25, 0.3) is 0 Å². The Morgan fingerprint density at radius 1 is 1.08 bits per heavy atom. The van der Waals surface area contributed by atoms with Crippen LogP contribution in [0.5, 0.6) is 11.5 Å². The maximum atomic E-state index is 12.5. The number of nitrogen functional groups attached to an aromatic ring is 1. The SMILES string of the molecule is Cl.Nc1cc2c(cc1NC(=O)c1cc3c(s1)CCCCC3)OCO2. The number of ether oxygens (including phenoxy) is 2. The predicted octanol–water partition coefficient (Wildman–Crippen LogP) is 4.00. The Morgan fingerprint density at radius 2 is 1.83 bits per heavy atom. The highest BCUT2D eigenvalue weighted by molar-refractivity contribution is 7.14. The molecule has 4 rings (SSSR count). The number of anilines is 2. The van der Waals surface area contributed by atoms with Gasteiger partial charge >= 0.3 is 0 Å². The summed E-state index contributed by atoms with van der Waals surface area (Å²) in [6, 6.07) is 5.43. The van der Waals surface area contributed by atoms with Crippen molar-refractivity contribution in [1.82, 2.24) is 0 Å². The summed E-state index contributed by atoms with van der Waals surface area (Å²) in [6.07, 6.45) is 5.85. The minimum Gasteiger partial charge on any atom is -0.454 e. The van der Waals surface area contributed by atoms with Gasteiger partial charge in [-0.2, -0.15) is 0 Å². The number of amides is 1. The molecule has 5 nitrogen and oxygen atoms in total. The van der Waals surface area contributed by atoms with Crippen LogP contribution in [0.4, 0.5) is 11.4 Å². The molecule has 7 heteroatoms. The molecule has 2 heterocycles. The Morgan fingerprint density at radius 3 is 2.67 bits per heavy atom. The van der Waals surface area contributed by atoms with Crippen LogP contribution < -0.4 is 20.5 Å². The molecule has 0 spiro atoms. The van der Waals surface area contributed by atoms with Crippen molar-refractivity contribution >= 4 is 41.0 Å². The zero-order valence-corrected chi connectivity index (χ0v) is 14.7. The number of nitrogens with two attached hydrogens (primary N) is 1. The molecule has 128 valence electrons. The van der Waals surface area contributed by atoms with Gasteiger partial charge in [-0.05, 0) is 37.3 Å². The van der Waals surface area contributed by atoms with Crippen LogP contribution in [0.2, 0.25) is 0 Å². The zero-order chi connectivity index (χ0) is 15.8. The van der Waals surface area contributed by atoms with Gasteiger partial charge in [0, 0.05) is 17.0 Å². The molecule has 0 atom stereocenters. The van der Waals surface area contributed by atoms with Gasteiger partial charge in [-0.25, -0.2) is 0 Å².